The predicted octanol–water partition coefficient (Wildman–Crippen LogP) is 1.47. The molecular weight excluding hydrogens is 354 g/mol. The second-order valence-corrected chi connectivity index (χ2v) is 6.07. The van der Waals surface area contributed by atoms with Gasteiger partial charge in [0.25, 0.3) is 17.5 Å². The maximum absolute atomic E-state index is 12.8. The van der Waals surface area contributed by atoms with Gasteiger partial charge in [0.2, 0.25) is 0 Å². The van der Waals surface area contributed by atoms with E-state index >= 15 is 0 Å². The van der Waals surface area contributed by atoms with Crippen molar-refractivity contribution in [1.82, 2.24) is 20.2 Å². The molecule has 1 N–H and O–H groups in total. The van der Waals surface area contributed by atoms with Crippen LogP contribution in [-0.4, -0.2) is 57.3 Å². The van der Waals surface area contributed by atoms with Gasteiger partial charge in [-0.1, -0.05) is 18.4 Å². The van der Waals surface area contributed by atoms with Crippen LogP contribution in [0, 0.1) is 10.1 Å². The maximum Gasteiger partial charge on any atom is 0.270 e. The topological polar surface area (TPSA) is 128 Å². The number of tetrazole rings is 1. The molecule has 0 radical (unpaired) electrons. The van der Waals surface area contributed by atoms with Gasteiger partial charge >= 0.3 is 0 Å². The smallest absolute Gasteiger partial charge is 0.270 e. The Morgan fingerprint density at radius 2 is 2.15 bits per heavy atom. The van der Waals surface area contributed by atoms with E-state index in [0.717, 1.165) is 12.8 Å². The van der Waals surface area contributed by atoms with Crippen LogP contribution < -0.4 is 10.2 Å². The third-order valence-electron chi connectivity index (χ3n) is 4.18. The zero-order chi connectivity index (χ0) is 19.2. The Kier molecular flexibility index (Phi) is 5.91. The van der Waals surface area contributed by atoms with Crippen molar-refractivity contribution in [2.24, 2.45) is 0 Å². The first kappa shape index (κ1) is 18.7. The fourth-order valence-electron chi connectivity index (χ4n) is 2.76. The first-order valence-electron chi connectivity index (χ1n) is 8.78. The first-order valence-corrected chi connectivity index (χ1v) is 8.78. The molecule has 1 saturated heterocycles. The number of amides is 1. The molecule has 0 saturated carbocycles. The van der Waals surface area contributed by atoms with Crippen molar-refractivity contribution >= 4 is 23.2 Å². The zero-order valence-corrected chi connectivity index (χ0v) is 15.0. The summed E-state index contributed by atoms with van der Waals surface area (Å²) in [5.74, 6) is -0.453. The number of hydrogen-bond donors (Lipinski definition) is 1. The average Bonchev–Trinajstić information content (AvgIpc) is 3.13. The minimum absolute atomic E-state index is 0.0653. The van der Waals surface area contributed by atoms with Crippen molar-refractivity contribution in [2.75, 3.05) is 36.5 Å². The number of unbranched alkanes of at least 4 members (excludes halogenated alkanes) is 1. The molecule has 2 heterocycles. The molecule has 0 spiro atoms. The Labute approximate surface area is 155 Å². The van der Waals surface area contributed by atoms with Crippen LogP contribution in [0.5, 0.6) is 0 Å². The van der Waals surface area contributed by atoms with Crippen molar-refractivity contribution in [3.63, 3.8) is 0 Å². The largest absolute Gasteiger partial charge is 0.378 e. The monoisotopic (exact) mass is 375 g/mol. The third kappa shape index (κ3) is 4.56. The number of aryl methyl sites for hydroxylation is 1. The number of ether oxygens (including phenoxy) is 1. The highest BCUT2D eigenvalue weighted by Crippen LogP contribution is 2.27. The number of hydrogen-bond acceptors (Lipinski definition) is 8. The molecule has 0 unspecified atom stereocenters. The molecule has 2 aromatic rings. The summed E-state index contributed by atoms with van der Waals surface area (Å²) >= 11 is 0. The van der Waals surface area contributed by atoms with Gasteiger partial charge in [0.15, 0.2) is 0 Å². The van der Waals surface area contributed by atoms with Crippen molar-refractivity contribution in [3.05, 3.63) is 33.9 Å². The van der Waals surface area contributed by atoms with Gasteiger partial charge in [0.05, 0.1) is 35.9 Å². The van der Waals surface area contributed by atoms with E-state index in [1.165, 1.54) is 16.9 Å². The van der Waals surface area contributed by atoms with E-state index in [1.807, 2.05) is 4.90 Å². The van der Waals surface area contributed by atoms with E-state index < -0.39 is 10.8 Å². The fraction of sp³-hybridized carbons (Fsp3) is 0.500. The molecule has 3 rings (SSSR count). The number of rotatable bonds is 7. The van der Waals surface area contributed by atoms with E-state index in [4.69, 9.17) is 4.74 Å². The number of benzene rings is 1. The van der Waals surface area contributed by atoms with E-state index in [1.54, 1.807) is 6.07 Å². The molecule has 1 amide bonds. The Hall–Kier alpha value is -3.08. The number of morpholine rings is 1. The van der Waals surface area contributed by atoms with Gasteiger partial charge in [-0.15, -0.1) is 5.10 Å². The molecule has 0 bridgehead atoms. The second-order valence-electron chi connectivity index (χ2n) is 6.07. The van der Waals surface area contributed by atoms with Crippen LogP contribution in [0.1, 0.15) is 30.1 Å². The molecule has 1 aromatic heterocycles. The molecule has 11 nitrogen and oxygen atoms in total. The molecule has 1 aromatic carbocycles. The highest BCUT2D eigenvalue weighted by Gasteiger charge is 2.23. The lowest BCUT2D eigenvalue weighted by atomic mass is 10.1. The van der Waals surface area contributed by atoms with Crippen molar-refractivity contribution in [1.29, 1.82) is 0 Å². The van der Waals surface area contributed by atoms with E-state index in [0.29, 0.717) is 38.5 Å². The van der Waals surface area contributed by atoms with E-state index in [9.17, 15) is 14.9 Å². The van der Waals surface area contributed by atoms with Gasteiger partial charge in [-0.05, 0) is 17.7 Å². The Morgan fingerprint density at radius 1 is 1.37 bits per heavy atom. The van der Waals surface area contributed by atoms with Crippen LogP contribution in [-0.2, 0) is 11.3 Å². The van der Waals surface area contributed by atoms with E-state index in [2.05, 4.69) is 27.7 Å². The van der Waals surface area contributed by atoms with Crippen LogP contribution >= 0.6 is 0 Å². The van der Waals surface area contributed by atoms with Gasteiger partial charge in [-0.2, -0.15) is 4.80 Å². The summed E-state index contributed by atoms with van der Waals surface area (Å²) < 4.78 is 5.33. The molecule has 1 aliphatic heterocycles. The van der Waals surface area contributed by atoms with Gasteiger partial charge in [0.1, 0.15) is 0 Å². The molecular formula is C16H21N7O4. The number of aromatic nitrogens is 4. The lowest BCUT2D eigenvalue weighted by Gasteiger charge is -2.30. The SMILES string of the molecule is CCCCn1nnc(NC(=O)c2cc([N+](=O)[O-])ccc2N2CCOCC2)n1. The Bertz CT molecular complexity index is 817. The summed E-state index contributed by atoms with van der Waals surface area (Å²) in [6, 6.07) is 4.24. The van der Waals surface area contributed by atoms with Gasteiger partial charge in [-0.25, -0.2) is 0 Å². The van der Waals surface area contributed by atoms with Gasteiger partial charge in [-0.3, -0.25) is 20.2 Å². The number of nitro groups is 1. The predicted molar refractivity (Wildman–Crippen MR) is 96.8 cm³/mol. The van der Waals surface area contributed by atoms with Crippen molar-refractivity contribution in [3.8, 4) is 0 Å². The van der Waals surface area contributed by atoms with Crippen molar-refractivity contribution < 1.29 is 14.5 Å². The first-order chi connectivity index (χ1) is 13.1. The lowest BCUT2D eigenvalue weighted by molar-refractivity contribution is -0.384. The van der Waals surface area contributed by atoms with Crippen LogP contribution in [0.3, 0.4) is 0 Å². The molecule has 1 fully saturated rings. The van der Waals surface area contributed by atoms with E-state index in [-0.39, 0.29) is 17.2 Å². The van der Waals surface area contributed by atoms with Gasteiger partial charge in [0, 0.05) is 25.2 Å². The number of nitrogens with one attached hydrogen (secondary N) is 1. The number of anilines is 2. The average molecular weight is 375 g/mol. The quantitative estimate of drug-likeness (QED) is 0.569. The Balaban J connectivity index is 1.83. The summed E-state index contributed by atoms with van der Waals surface area (Å²) in [4.78, 5) is 26.7. The van der Waals surface area contributed by atoms with Crippen LogP contribution in [0.15, 0.2) is 18.2 Å². The third-order valence-corrected chi connectivity index (χ3v) is 4.18. The summed E-state index contributed by atoms with van der Waals surface area (Å²) in [7, 11) is 0. The number of nitro benzene ring substituents is 1. The lowest BCUT2D eigenvalue weighted by Crippen LogP contribution is -2.37. The minimum atomic E-state index is -0.529. The summed E-state index contributed by atoms with van der Waals surface area (Å²) in [5.41, 5.74) is 0.646. The number of nitrogens with zero attached hydrogens (tertiary/aromatic N) is 6. The van der Waals surface area contributed by atoms with Crippen LogP contribution in [0.2, 0.25) is 0 Å². The normalized spacial score (nSPS) is 14.2. The minimum Gasteiger partial charge on any atom is -0.378 e. The maximum atomic E-state index is 12.8. The summed E-state index contributed by atoms with van der Waals surface area (Å²) in [5, 5.41) is 25.5. The second kappa shape index (κ2) is 8.54. The molecule has 1 aliphatic rings. The van der Waals surface area contributed by atoms with Crippen LogP contribution in [0.25, 0.3) is 0 Å². The molecule has 0 aliphatic carbocycles. The van der Waals surface area contributed by atoms with Gasteiger partial charge < -0.3 is 9.64 Å². The number of carbonyl (C=O) groups excluding carboxylic acids is 1. The molecule has 27 heavy (non-hydrogen) atoms. The molecule has 11 heteroatoms. The summed E-state index contributed by atoms with van der Waals surface area (Å²) in [6.07, 6.45) is 1.88. The Morgan fingerprint density at radius 3 is 2.85 bits per heavy atom. The zero-order valence-electron chi connectivity index (χ0n) is 15.0. The molecule has 144 valence electrons. The summed E-state index contributed by atoms with van der Waals surface area (Å²) in [6.45, 7) is 4.92. The fourth-order valence-corrected chi connectivity index (χ4v) is 2.76. The molecule has 0 atom stereocenters. The number of non-ortho nitro benzene ring substituents is 1. The van der Waals surface area contributed by atoms with Crippen LogP contribution in [0.4, 0.5) is 17.3 Å². The van der Waals surface area contributed by atoms with Crippen molar-refractivity contribution in [2.45, 2.75) is 26.3 Å². The standard InChI is InChI=1S/C16H21N7O4/c1-2-3-6-22-19-16(18-20-22)17-15(24)13-11-12(23(25)26)4-5-14(13)21-7-9-27-10-8-21/h4-5,11H,2-3,6-10H2,1H3,(H,17,19,24). The highest BCUT2D eigenvalue weighted by molar-refractivity contribution is 6.07. The number of carbonyl (C=O) groups is 1. The highest BCUT2D eigenvalue weighted by atomic mass is 16.6.